The van der Waals surface area contributed by atoms with E-state index in [0.29, 0.717) is 12.2 Å². The minimum absolute atomic E-state index is 0.0355. The first-order chi connectivity index (χ1) is 14.1. The highest BCUT2D eigenvalue weighted by Gasteiger charge is 2.40. The van der Waals surface area contributed by atoms with Crippen molar-refractivity contribution in [1.82, 2.24) is 14.8 Å². The number of carbonyl (C=O) groups is 3. The molecule has 0 unspecified atom stereocenters. The van der Waals surface area contributed by atoms with Crippen molar-refractivity contribution in [2.24, 2.45) is 5.10 Å². The van der Waals surface area contributed by atoms with Crippen molar-refractivity contribution in [1.29, 1.82) is 0 Å². The second-order valence-corrected chi connectivity index (χ2v) is 5.88. The number of H-pyrrole nitrogens is 1. The first kappa shape index (κ1) is 23.4. The molecule has 0 aromatic carbocycles. The van der Waals surface area contributed by atoms with Crippen LogP contribution >= 0.6 is 0 Å². The number of hydrogen-bond donors (Lipinski definition) is 3. The molecule has 3 N–H and O–H groups in total. The van der Waals surface area contributed by atoms with Gasteiger partial charge in [-0.2, -0.15) is 31.4 Å². The van der Waals surface area contributed by atoms with Gasteiger partial charge in [-0.25, -0.2) is 19.3 Å². The molecule has 2 heterocycles. The van der Waals surface area contributed by atoms with Crippen LogP contribution < -0.4 is 5.56 Å². The zero-order valence-electron chi connectivity index (χ0n) is 14.8. The highest BCUT2D eigenvalue weighted by atomic mass is 19.4. The lowest BCUT2D eigenvalue weighted by Gasteiger charge is -2.13. The Morgan fingerprint density at radius 1 is 1.00 bits per heavy atom. The Morgan fingerprint density at radius 2 is 1.58 bits per heavy atom. The third-order valence-corrected chi connectivity index (χ3v) is 3.54. The van der Waals surface area contributed by atoms with Gasteiger partial charge in [-0.1, -0.05) is 6.08 Å². The third kappa shape index (κ3) is 5.61. The Morgan fingerprint density at radius 3 is 2.06 bits per heavy atom. The predicted octanol–water partition coefficient (Wildman–Crippen LogP) is 1.22. The van der Waals surface area contributed by atoms with Gasteiger partial charge in [0.2, 0.25) is 0 Å². The van der Waals surface area contributed by atoms with Gasteiger partial charge < -0.3 is 10.2 Å². The van der Waals surface area contributed by atoms with Gasteiger partial charge in [0.1, 0.15) is 13.1 Å². The van der Waals surface area contributed by atoms with Crippen molar-refractivity contribution in [2.75, 3.05) is 6.54 Å². The summed E-state index contributed by atoms with van der Waals surface area (Å²) in [5.74, 6) is -5.09. The number of hydrogen-bond acceptors (Lipinski definition) is 5. The fourth-order valence-corrected chi connectivity index (χ4v) is 2.39. The highest BCUT2D eigenvalue weighted by Crippen LogP contribution is 2.23. The molecule has 1 aliphatic heterocycles. The summed E-state index contributed by atoms with van der Waals surface area (Å²) in [6.45, 7) is -3.71. The molecule has 1 aromatic heterocycles. The molecule has 0 saturated heterocycles. The van der Waals surface area contributed by atoms with Crippen molar-refractivity contribution in [3.8, 4) is 0 Å². The first-order valence-electron chi connectivity index (χ1n) is 7.83. The van der Waals surface area contributed by atoms with Gasteiger partial charge in [0.05, 0.1) is 11.1 Å². The largest absolute Gasteiger partial charge is 0.477 e. The van der Waals surface area contributed by atoms with Gasteiger partial charge in [-0.3, -0.25) is 14.7 Å². The highest BCUT2D eigenvalue weighted by molar-refractivity contribution is 6.50. The van der Waals surface area contributed by atoms with Crippen LogP contribution in [0.5, 0.6) is 0 Å². The van der Waals surface area contributed by atoms with Crippen LogP contribution in [0.4, 0.5) is 26.3 Å². The number of aromatic nitrogens is 2. The number of carbonyl (C=O) groups excluding carboxylic acids is 1. The Hall–Kier alpha value is -3.85. The number of halogens is 6. The number of hydrazone groups is 1. The number of nitrogens with zero attached hydrogens (tertiary/aromatic N) is 3. The second-order valence-electron chi connectivity index (χ2n) is 5.88. The number of rotatable bonds is 6. The van der Waals surface area contributed by atoms with Gasteiger partial charge in [0, 0.05) is 0 Å². The molecular weight excluding hydrogens is 446 g/mol. The molecule has 10 nitrogen and oxygen atoms in total. The molecule has 0 bridgehead atoms. The smallest absolute Gasteiger partial charge is 0.408 e. The fraction of sp³-hybridized carbons (Fsp3) is 0.267. The van der Waals surface area contributed by atoms with Crippen LogP contribution in [0.1, 0.15) is 16.1 Å². The molecule has 0 atom stereocenters. The molecule has 2 rings (SSSR count). The summed E-state index contributed by atoms with van der Waals surface area (Å²) >= 11 is 0. The number of carboxylic acid groups (broad SMARTS) is 2. The zero-order valence-corrected chi connectivity index (χ0v) is 14.8. The van der Waals surface area contributed by atoms with Crippen LogP contribution in [-0.4, -0.2) is 67.5 Å². The van der Waals surface area contributed by atoms with Gasteiger partial charge in [-0.15, -0.1) is 0 Å². The van der Waals surface area contributed by atoms with Gasteiger partial charge in [-0.05, 0) is 12.2 Å². The van der Waals surface area contributed by atoms with Gasteiger partial charge in [0.15, 0.2) is 11.4 Å². The Labute approximate surface area is 166 Å². The standard InChI is InChI=1S/C15H10F6N4O6/c16-14(17,18)4-24-10(26)6(8(22-24)12(28)29)2-1-3-7-9(13(30)31)23-25(11(7)27)5-15(19,20)21/h1-3,22H,4-5H2,(H,28,29)(H,30,31)/b2-1-,7-3+. The molecule has 1 aliphatic rings. The van der Waals surface area contributed by atoms with Crippen LogP contribution in [0, 0.1) is 0 Å². The number of nitrogens with one attached hydrogen (secondary N) is 1. The molecule has 1 aromatic rings. The van der Waals surface area contributed by atoms with Crippen LogP contribution in [0.2, 0.25) is 0 Å². The summed E-state index contributed by atoms with van der Waals surface area (Å²) in [7, 11) is 0. The maximum Gasteiger partial charge on any atom is 0.408 e. The molecule has 0 saturated carbocycles. The fourth-order valence-electron chi connectivity index (χ4n) is 2.39. The quantitative estimate of drug-likeness (QED) is 0.434. The van der Waals surface area contributed by atoms with E-state index >= 15 is 0 Å². The SMILES string of the molecule is O=C(O)C1=NN(CC(F)(F)F)C(=O)/C1=C/C=C\c1c(C(=O)O)[nH]n(CC(F)(F)F)c1=O. The van der Waals surface area contributed by atoms with E-state index < -0.39 is 71.4 Å². The van der Waals surface area contributed by atoms with Crippen LogP contribution in [0.15, 0.2) is 27.6 Å². The average Bonchev–Trinajstić information content (AvgIpc) is 3.05. The van der Waals surface area contributed by atoms with E-state index in [9.17, 15) is 45.5 Å². The maximum absolute atomic E-state index is 12.5. The topological polar surface area (TPSA) is 145 Å². The van der Waals surface area contributed by atoms with E-state index in [2.05, 4.69) is 5.10 Å². The molecule has 0 radical (unpaired) electrons. The van der Waals surface area contributed by atoms with Crippen molar-refractivity contribution < 1.29 is 50.9 Å². The maximum atomic E-state index is 12.5. The van der Waals surface area contributed by atoms with Crippen molar-refractivity contribution in [3.05, 3.63) is 39.3 Å². The molecule has 0 fully saturated rings. The number of aromatic amines is 1. The van der Waals surface area contributed by atoms with Crippen molar-refractivity contribution in [3.63, 3.8) is 0 Å². The number of allylic oxidation sites excluding steroid dienone is 2. The number of alkyl halides is 6. The second kappa shape index (κ2) is 8.11. The lowest BCUT2D eigenvalue weighted by molar-refractivity contribution is -0.157. The van der Waals surface area contributed by atoms with E-state index in [1.165, 1.54) is 0 Å². The Bertz CT molecular complexity index is 1080. The predicted molar refractivity (Wildman–Crippen MR) is 88.0 cm³/mol. The monoisotopic (exact) mass is 456 g/mol. The zero-order chi connectivity index (χ0) is 23.7. The van der Waals surface area contributed by atoms with Crippen LogP contribution in [0.25, 0.3) is 6.08 Å². The molecule has 0 aliphatic carbocycles. The van der Waals surface area contributed by atoms with Crippen LogP contribution in [-0.2, 0) is 16.1 Å². The third-order valence-electron chi connectivity index (χ3n) is 3.54. The first-order valence-corrected chi connectivity index (χ1v) is 7.83. The molecule has 16 heteroatoms. The summed E-state index contributed by atoms with van der Waals surface area (Å²) < 4.78 is 74.9. The number of aromatic carboxylic acids is 1. The summed E-state index contributed by atoms with van der Waals surface area (Å²) in [4.78, 5) is 46.3. The van der Waals surface area contributed by atoms with Crippen molar-refractivity contribution in [2.45, 2.75) is 18.9 Å². The summed E-state index contributed by atoms with van der Waals surface area (Å²) in [5, 5.41) is 22.7. The Balaban J connectivity index is 2.42. The van der Waals surface area contributed by atoms with E-state index in [4.69, 9.17) is 10.2 Å². The number of carboxylic acids is 2. The van der Waals surface area contributed by atoms with Gasteiger partial charge in [0.25, 0.3) is 11.5 Å². The lowest BCUT2D eigenvalue weighted by Crippen LogP contribution is -2.32. The average molecular weight is 456 g/mol. The molecule has 0 spiro atoms. The number of amides is 1. The summed E-state index contributed by atoms with van der Waals surface area (Å²) in [6.07, 6.45) is -7.74. The van der Waals surface area contributed by atoms with Crippen LogP contribution in [0.3, 0.4) is 0 Å². The number of aliphatic carboxylic acids is 1. The van der Waals surface area contributed by atoms with E-state index in [1.54, 1.807) is 5.10 Å². The lowest BCUT2D eigenvalue weighted by atomic mass is 10.1. The van der Waals surface area contributed by atoms with E-state index in [0.717, 1.165) is 6.08 Å². The molecular formula is C15H10F6N4O6. The van der Waals surface area contributed by atoms with Crippen molar-refractivity contribution >= 4 is 29.6 Å². The van der Waals surface area contributed by atoms with E-state index in [1.807, 2.05) is 0 Å². The van der Waals surface area contributed by atoms with E-state index in [-0.39, 0.29) is 9.69 Å². The Kier molecular flexibility index (Phi) is 6.13. The molecule has 31 heavy (non-hydrogen) atoms. The summed E-state index contributed by atoms with van der Waals surface area (Å²) in [5.41, 5.74) is -4.99. The minimum atomic E-state index is -4.89. The summed E-state index contributed by atoms with van der Waals surface area (Å²) in [6, 6.07) is 0. The van der Waals surface area contributed by atoms with Gasteiger partial charge >= 0.3 is 24.3 Å². The normalized spacial score (nSPS) is 16.5. The minimum Gasteiger partial charge on any atom is -0.477 e. The molecule has 1 amide bonds. The molecule has 168 valence electrons.